The van der Waals surface area contributed by atoms with Gasteiger partial charge in [0.15, 0.2) is 17.3 Å². The van der Waals surface area contributed by atoms with Gasteiger partial charge in [0.2, 0.25) is 5.88 Å². The molecule has 0 atom stereocenters. The lowest BCUT2D eigenvalue weighted by atomic mass is 10.2. The second kappa shape index (κ2) is 10.1. The Balaban J connectivity index is 1.83. The Bertz CT molecular complexity index is 914. The molecule has 0 aliphatic heterocycles. The number of nitrogens with zero attached hydrogens (tertiary/aromatic N) is 2. The number of pyridine rings is 1. The fourth-order valence-corrected chi connectivity index (χ4v) is 2.55. The lowest BCUT2D eigenvalue weighted by molar-refractivity contribution is 0.234. The molecule has 0 unspecified atom stereocenters. The zero-order valence-electron chi connectivity index (χ0n) is 15.7. The first kappa shape index (κ1) is 19.4. The minimum atomic E-state index is 0.313. The van der Waals surface area contributed by atoms with E-state index in [2.05, 4.69) is 15.5 Å². The second-order valence-electron chi connectivity index (χ2n) is 6.02. The highest BCUT2D eigenvalue weighted by Crippen LogP contribution is 2.32. The molecular formula is C22H23N3O3. The average molecular weight is 377 g/mol. The second-order valence-corrected chi connectivity index (χ2v) is 6.02. The molecule has 144 valence electrons. The van der Waals surface area contributed by atoms with Crippen LogP contribution in [-0.4, -0.2) is 22.6 Å². The molecule has 0 saturated carbocycles. The average Bonchev–Trinajstić information content (AvgIpc) is 2.75. The highest BCUT2D eigenvalue weighted by Gasteiger charge is 2.14. The predicted octanol–water partition coefficient (Wildman–Crippen LogP) is 4.59. The molecule has 3 aromatic rings. The number of amidine groups is 1. The summed E-state index contributed by atoms with van der Waals surface area (Å²) in [5.41, 5.74) is 3.77. The third kappa shape index (κ3) is 5.08. The summed E-state index contributed by atoms with van der Waals surface area (Å²) in [7, 11) is 0. The molecule has 0 amide bonds. The molecule has 0 aliphatic carbocycles. The van der Waals surface area contributed by atoms with Gasteiger partial charge in [-0.2, -0.15) is 0 Å². The fraction of sp³-hybridized carbons (Fsp3) is 0.182. The maximum atomic E-state index is 9.47. The van der Waals surface area contributed by atoms with Crippen molar-refractivity contribution in [3.05, 3.63) is 84.1 Å². The topological polar surface area (TPSA) is 76.0 Å². The number of hydroxylamine groups is 1. The van der Waals surface area contributed by atoms with Gasteiger partial charge < -0.3 is 9.47 Å². The monoisotopic (exact) mass is 377 g/mol. The smallest absolute Gasteiger partial charge is 0.230 e. The Kier molecular flexibility index (Phi) is 6.98. The first-order valence-corrected chi connectivity index (χ1v) is 9.15. The van der Waals surface area contributed by atoms with Crippen molar-refractivity contribution in [2.75, 3.05) is 6.54 Å². The van der Waals surface area contributed by atoms with Crippen LogP contribution in [0, 0.1) is 0 Å². The number of hydrogen-bond acceptors (Lipinski definition) is 5. The Morgan fingerprint density at radius 3 is 2.50 bits per heavy atom. The molecule has 1 heterocycles. The van der Waals surface area contributed by atoms with Crippen molar-refractivity contribution in [2.45, 2.75) is 20.0 Å². The molecule has 1 aromatic heterocycles. The number of ether oxygens (including phenoxy) is 2. The molecule has 0 spiro atoms. The van der Waals surface area contributed by atoms with Gasteiger partial charge in [-0.25, -0.2) is 4.98 Å². The maximum Gasteiger partial charge on any atom is 0.230 e. The molecule has 0 radical (unpaired) electrons. The van der Waals surface area contributed by atoms with Crippen LogP contribution in [0.2, 0.25) is 0 Å². The first-order valence-electron chi connectivity index (χ1n) is 9.15. The molecular weight excluding hydrogens is 354 g/mol. The van der Waals surface area contributed by atoms with Gasteiger partial charge in [-0.1, -0.05) is 49.4 Å². The summed E-state index contributed by atoms with van der Waals surface area (Å²) in [4.78, 5) is 8.64. The molecule has 6 nitrogen and oxygen atoms in total. The predicted molar refractivity (Wildman–Crippen MR) is 108 cm³/mol. The minimum absolute atomic E-state index is 0.313. The van der Waals surface area contributed by atoms with Gasteiger partial charge >= 0.3 is 0 Å². The summed E-state index contributed by atoms with van der Waals surface area (Å²) in [6, 6.07) is 20.9. The van der Waals surface area contributed by atoms with E-state index in [4.69, 9.17) is 9.47 Å². The first-order chi connectivity index (χ1) is 13.8. The summed E-state index contributed by atoms with van der Waals surface area (Å²) in [6.07, 6.45) is 2.48. The summed E-state index contributed by atoms with van der Waals surface area (Å²) >= 11 is 0. The van der Waals surface area contributed by atoms with E-state index in [1.165, 1.54) is 0 Å². The Hall–Kier alpha value is -3.38. The van der Waals surface area contributed by atoms with Crippen LogP contribution in [0.1, 0.15) is 24.5 Å². The van der Waals surface area contributed by atoms with E-state index in [-0.39, 0.29) is 0 Å². The number of para-hydroxylation sites is 2. The van der Waals surface area contributed by atoms with Crippen molar-refractivity contribution >= 4 is 5.84 Å². The third-order valence-electron chi connectivity index (χ3n) is 3.92. The van der Waals surface area contributed by atoms with Gasteiger partial charge in [-0.15, -0.1) is 0 Å². The minimum Gasteiger partial charge on any atom is -0.485 e. The van der Waals surface area contributed by atoms with Crippen LogP contribution in [0.25, 0.3) is 0 Å². The van der Waals surface area contributed by atoms with Crippen molar-refractivity contribution < 1.29 is 14.7 Å². The zero-order chi connectivity index (χ0) is 19.6. The molecule has 0 aliphatic rings. The molecule has 2 aromatic carbocycles. The van der Waals surface area contributed by atoms with Crippen molar-refractivity contribution in [2.24, 2.45) is 4.99 Å². The Morgan fingerprint density at radius 1 is 1.00 bits per heavy atom. The van der Waals surface area contributed by atoms with Crippen LogP contribution in [0.4, 0.5) is 0 Å². The molecule has 2 N–H and O–H groups in total. The van der Waals surface area contributed by atoms with E-state index in [9.17, 15) is 5.21 Å². The standard InChI is InChI=1S/C22H23N3O3/c1-2-14-23-21(25-26)18-11-8-15-24-22(18)28-20-13-7-6-12-19(20)27-16-17-9-4-3-5-10-17/h3-13,15,26H,2,14,16H2,1H3,(H,23,25). The molecule has 0 saturated heterocycles. The van der Waals surface area contributed by atoms with Crippen molar-refractivity contribution in [3.8, 4) is 17.4 Å². The van der Waals surface area contributed by atoms with Gasteiger partial charge in [0.05, 0.1) is 5.56 Å². The Labute approximate surface area is 164 Å². The highest BCUT2D eigenvalue weighted by molar-refractivity contribution is 6.00. The van der Waals surface area contributed by atoms with Gasteiger partial charge in [-0.3, -0.25) is 15.7 Å². The van der Waals surface area contributed by atoms with Gasteiger partial charge in [0, 0.05) is 12.7 Å². The van der Waals surface area contributed by atoms with Gasteiger partial charge in [0.1, 0.15) is 6.61 Å². The molecule has 28 heavy (non-hydrogen) atoms. The van der Waals surface area contributed by atoms with Crippen molar-refractivity contribution in [1.82, 2.24) is 10.5 Å². The maximum absolute atomic E-state index is 9.47. The normalized spacial score (nSPS) is 11.1. The van der Waals surface area contributed by atoms with Crippen LogP contribution < -0.4 is 15.0 Å². The van der Waals surface area contributed by atoms with Gasteiger partial charge in [-0.05, 0) is 36.2 Å². The van der Waals surface area contributed by atoms with E-state index < -0.39 is 0 Å². The molecule has 3 rings (SSSR count). The third-order valence-corrected chi connectivity index (χ3v) is 3.92. The highest BCUT2D eigenvalue weighted by atomic mass is 16.5. The summed E-state index contributed by atoms with van der Waals surface area (Å²) in [5, 5.41) is 9.47. The lowest BCUT2D eigenvalue weighted by Crippen LogP contribution is -2.21. The lowest BCUT2D eigenvalue weighted by Gasteiger charge is -2.14. The number of rotatable bonds is 8. The van der Waals surface area contributed by atoms with Crippen molar-refractivity contribution in [1.29, 1.82) is 0 Å². The number of hydrogen-bond donors (Lipinski definition) is 2. The summed E-state index contributed by atoms with van der Waals surface area (Å²) in [6.45, 7) is 3.02. The van der Waals surface area contributed by atoms with Crippen LogP contribution in [0.15, 0.2) is 77.9 Å². The Morgan fingerprint density at radius 2 is 1.75 bits per heavy atom. The molecule has 0 bridgehead atoms. The quantitative estimate of drug-likeness (QED) is 0.341. The van der Waals surface area contributed by atoms with E-state index >= 15 is 0 Å². The van der Waals surface area contributed by atoms with E-state index in [1.54, 1.807) is 18.3 Å². The number of aromatic nitrogens is 1. The fourth-order valence-electron chi connectivity index (χ4n) is 2.55. The van der Waals surface area contributed by atoms with E-state index in [0.29, 0.717) is 41.9 Å². The largest absolute Gasteiger partial charge is 0.485 e. The summed E-state index contributed by atoms with van der Waals surface area (Å²) < 4.78 is 12.0. The van der Waals surface area contributed by atoms with E-state index in [1.807, 2.05) is 61.5 Å². The molecule has 0 fully saturated rings. The zero-order valence-corrected chi connectivity index (χ0v) is 15.7. The number of aliphatic imine (C=N–C) groups is 1. The number of benzene rings is 2. The van der Waals surface area contributed by atoms with Crippen LogP contribution >= 0.6 is 0 Å². The number of nitrogens with one attached hydrogen (secondary N) is 1. The molecule has 6 heteroatoms. The summed E-state index contributed by atoms with van der Waals surface area (Å²) in [5.74, 6) is 1.78. The van der Waals surface area contributed by atoms with Crippen LogP contribution in [-0.2, 0) is 6.61 Å². The van der Waals surface area contributed by atoms with Crippen LogP contribution in [0.5, 0.6) is 17.4 Å². The SMILES string of the molecule is CCCN=C(NO)c1cccnc1Oc1ccccc1OCc1ccccc1. The van der Waals surface area contributed by atoms with Crippen molar-refractivity contribution in [3.63, 3.8) is 0 Å². The van der Waals surface area contributed by atoms with Gasteiger partial charge in [0.25, 0.3) is 0 Å². The van der Waals surface area contributed by atoms with Crippen LogP contribution in [0.3, 0.4) is 0 Å². The van der Waals surface area contributed by atoms with E-state index in [0.717, 1.165) is 12.0 Å².